The highest BCUT2D eigenvalue weighted by atomic mass is 35.5. The van der Waals surface area contributed by atoms with Gasteiger partial charge in [-0.05, 0) is 30.3 Å². The Bertz CT molecular complexity index is 1040. The molecule has 0 heterocycles. The molecule has 2 rings (SSSR count). The minimum atomic E-state index is -4.60. The summed E-state index contributed by atoms with van der Waals surface area (Å²) in [6, 6.07) is 5.47. The topological polar surface area (TPSA) is 105 Å². The molecule has 0 aliphatic carbocycles. The quantitative estimate of drug-likeness (QED) is 0.250. The molecule has 164 valence electrons. The number of benzene rings is 2. The van der Waals surface area contributed by atoms with Crippen LogP contribution in [0.1, 0.15) is 15.9 Å². The summed E-state index contributed by atoms with van der Waals surface area (Å²) in [5, 5.41) is 10.8. The molecule has 12 heteroatoms. The summed E-state index contributed by atoms with van der Waals surface area (Å²) in [5.74, 6) is -2.05. The van der Waals surface area contributed by atoms with Crippen molar-refractivity contribution >= 4 is 29.2 Å². The smallest absolute Gasteiger partial charge is 0.416 e. The van der Waals surface area contributed by atoms with Crippen LogP contribution in [-0.4, -0.2) is 30.6 Å². The predicted molar refractivity (Wildman–Crippen MR) is 101 cm³/mol. The number of nitro benzene ring substituents is 1. The van der Waals surface area contributed by atoms with Crippen LogP contribution >= 0.6 is 11.6 Å². The van der Waals surface area contributed by atoms with Crippen molar-refractivity contribution in [3.63, 3.8) is 0 Å². The molecule has 0 amide bonds. The molecule has 0 aromatic heterocycles. The first-order chi connectivity index (χ1) is 14.5. The Morgan fingerprint density at radius 1 is 1.19 bits per heavy atom. The minimum Gasteiger partial charge on any atom is -0.466 e. The maximum absolute atomic E-state index is 12.7. The van der Waals surface area contributed by atoms with Gasteiger partial charge in [0, 0.05) is 18.2 Å². The fraction of sp³-hybridized carbons (Fsp3) is 0.158. The summed E-state index contributed by atoms with van der Waals surface area (Å²) in [4.78, 5) is 33.6. The number of carbonyl (C=O) groups excluding carboxylic acids is 2. The van der Waals surface area contributed by atoms with E-state index in [0.29, 0.717) is 6.07 Å². The molecule has 0 spiro atoms. The van der Waals surface area contributed by atoms with Crippen molar-refractivity contribution in [1.82, 2.24) is 0 Å². The number of carbonyl (C=O) groups is 2. The molecule has 0 aliphatic heterocycles. The zero-order valence-electron chi connectivity index (χ0n) is 15.6. The van der Waals surface area contributed by atoms with Gasteiger partial charge in [-0.3, -0.25) is 10.1 Å². The number of alkyl halides is 3. The second-order valence-corrected chi connectivity index (χ2v) is 6.11. The Balaban J connectivity index is 2.25. The molecule has 0 aliphatic rings. The van der Waals surface area contributed by atoms with Crippen molar-refractivity contribution in [3.8, 4) is 11.5 Å². The first-order valence-corrected chi connectivity index (χ1v) is 8.65. The lowest BCUT2D eigenvalue weighted by Crippen LogP contribution is -2.09. The van der Waals surface area contributed by atoms with Gasteiger partial charge in [0.15, 0.2) is 0 Å². The lowest BCUT2D eigenvalue weighted by molar-refractivity contribution is -0.385. The number of nitrogens with zero attached hydrogens (tertiary/aromatic N) is 1. The molecule has 0 radical (unpaired) electrons. The third-order valence-electron chi connectivity index (χ3n) is 3.64. The van der Waals surface area contributed by atoms with Crippen molar-refractivity contribution in [2.45, 2.75) is 6.18 Å². The van der Waals surface area contributed by atoms with Gasteiger partial charge >= 0.3 is 18.1 Å². The van der Waals surface area contributed by atoms with E-state index in [2.05, 4.69) is 4.74 Å². The van der Waals surface area contributed by atoms with Crippen molar-refractivity contribution in [1.29, 1.82) is 0 Å². The molecular formula is C19H13ClF3NO7. The average Bonchev–Trinajstić information content (AvgIpc) is 2.71. The summed E-state index contributed by atoms with van der Waals surface area (Å²) in [5.41, 5.74) is -2.05. The number of rotatable bonds is 7. The molecule has 0 saturated heterocycles. The molecule has 8 nitrogen and oxygen atoms in total. The highest BCUT2D eigenvalue weighted by Gasteiger charge is 2.31. The Morgan fingerprint density at radius 2 is 1.90 bits per heavy atom. The molecule has 0 saturated carbocycles. The van der Waals surface area contributed by atoms with Crippen molar-refractivity contribution in [3.05, 3.63) is 74.8 Å². The number of hydrogen-bond acceptors (Lipinski definition) is 7. The van der Waals surface area contributed by atoms with Crippen molar-refractivity contribution in [2.75, 3.05) is 13.7 Å². The molecule has 2 aromatic carbocycles. The average molecular weight is 460 g/mol. The van der Waals surface area contributed by atoms with E-state index >= 15 is 0 Å². The van der Waals surface area contributed by atoms with Gasteiger partial charge in [-0.25, -0.2) is 9.59 Å². The summed E-state index contributed by atoms with van der Waals surface area (Å²) in [6.45, 7) is -0.374. The van der Waals surface area contributed by atoms with Crippen molar-refractivity contribution < 1.29 is 41.9 Å². The Kier molecular flexibility index (Phi) is 7.59. The SMILES string of the molecule is COC(=O)/C=C/COC(=O)c1cc(Oc2ccc(C(F)(F)F)cc2Cl)ccc1[N+](=O)[O-]. The number of methoxy groups -OCH3 is 1. The Morgan fingerprint density at radius 3 is 2.48 bits per heavy atom. The van der Waals surface area contributed by atoms with Crippen LogP contribution in [0, 0.1) is 10.1 Å². The monoisotopic (exact) mass is 459 g/mol. The van der Waals surface area contributed by atoms with E-state index in [0.717, 1.165) is 49.6 Å². The third-order valence-corrected chi connectivity index (χ3v) is 3.93. The van der Waals surface area contributed by atoms with E-state index in [-0.39, 0.29) is 23.1 Å². The molecule has 2 aromatic rings. The summed E-state index contributed by atoms with van der Waals surface area (Å²) >= 11 is 5.82. The highest BCUT2D eigenvalue weighted by Crippen LogP contribution is 2.37. The molecule has 0 bridgehead atoms. The largest absolute Gasteiger partial charge is 0.466 e. The molecule has 0 N–H and O–H groups in total. The lowest BCUT2D eigenvalue weighted by atomic mass is 10.1. The maximum Gasteiger partial charge on any atom is 0.416 e. The number of esters is 2. The maximum atomic E-state index is 12.7. The third kappa shape index (κ3) is 6.44. The molecule has 0 unspecified atom stereocenters. The van der Waals surface area contributed by atoms with Crippen LogP contribution < -0.4 is 4.74 Å². The van der Waals surface area contributed by atoms with Gasteiger partial charge < -0.3 is 14.2 Å². The summed E-state index contributed by atoms with van der Waals surface area (Å²) in [7, 11) is 1.15. The molecule has 0 fully saturated rings. The normalized spacial score (nSPS) is 11.3. The van der Waals surface area contributed by atoms with Crippen LogP contribution in [0.5, 0.6) is 11.5 Å². The second kappa shape index (κ2) is 9.94. The van der Waals surface area contributed by atoms with Crippen LogP contribution in [0.15, 0.2) is 48.6 Å². The Hall–Kier alpha value is -3.60. The predicted octanol–water partition coefficient (Wildman–Crippen LogP) is 4.95. The van der Waals surface area contributed by atoms with E-state index in [1.807, 2.05) is 0 Å². The summed E-state index contributed by atoms with van der Waals surface area (Å²) < 4.78 is 52.8. The van der Waals surface area contributed by atoms with Gasteiger partial charge in [0.2, 0.25) is 0 Å². The lowest BCUT2D eigenvalue weighted by Gasteiger charge is -2.12. The second-order valence-electron chi connectivity index (χ2n) is 5.71. The van der Waals surface area contributed by atoms with Gasteiger partial charge in [-0.1, -0.05) is 11.6 Å². The van der Waals surface area contributed by atoms with Crippen LogP contribution in [0.2, 0.25) is 5.02 Å². The van der Waals surface area contributed by atoms with E-state index in [1.165, 1.54) is 0 Å². The first-order valence-electron chi connectivity index (χ1n) is 8.27. The first kappa shape index (κ1) is 23.7. The van der Waals surface area contributed by atoms with Gasteiger partial charge in [-0.15, -0.1) is 0 Å². The van der Waals surface area contributed by atoms with E-state index in [4.69, 9.17) is 21.1 Å². The number of nitro groups is 1. The van der Waals surface area contributed by atoms with Crippen LogP contribution in [-0.2, 0) is 20.4 Å². The van der Waals surface area contributed by atoms with E-state index in [9.17, 15) is 32.9 Å². The van der Waals surface area contributed by atoms with Crippen LogP contribution in [0.3, 0.4) is 0 Å². The highest BCUT2D eigenvalue weighted by molar-refractivity contribution is 6.32. The van der Waals surface area contributed by atoms with E-state index < -0.39 is 39.9 Å². The molecule has 0 atom stereocenters. The van der Waals surface area contributed by atoms with Crippen molar-refractivity contribution in [2.24, 2.45) is 0 Å². The van der Waals surface area contributed by atoms with Gasteiger partial charge in [-0.2, -0.15) is 13.2 Å². The van der Waals surface area contributed by atoms with Gasteiger partial charge in [0.1, 0.15) is 23.7 Å². The number of ether oxygens (including phenoxy) is 3. The zero-order chi connectivity index (χ0) is 23.2. The number of halogens is 4. The fourth-order valence-corrected chi connectivity index (χ4v) is 2.42. The summed E-state index contributed by atoms with van der Waals surface area (Å²) in [6.07, 6.45) is -2.44. The number of hydrogen-bond donors (Lipinski definition) is 0. The van der Waals surface area contributed by atoms with Crippen LogP contribution in [0.25, 0.3) is 0 Å². The zero-order valence-corrected chi connectivity index (χ0v) is 16.4. The van der Waals surface area contributed by atoms with E-state index in [1.54, 1.807) is 0 Å². The fourth-order valence-electron chi connectivity index (χ4n) is 2.20. The minimum absolute atomic E-state index is 0.107. The van der Waals surface area contributed by atoms with Gasteiger partial charge in [0.05, 0.1) is 22.6 Å². The van der Waals surface area contributed by atoms with Crippen LogP contribution in [0.4, 0.5) is 18.9 Å². The molecular weight excluding hydrogens is 447 g/mol. The van der Waals surface area contributed by atoms with Gasteiger partial charge in [0.25, 0.3) is 5.69 Å². The standard InChI is InChI=1S/C19H13ClF3NO7/c1-29-17(25)3-2-8-30-18(26)13-10-12(5-6-15(13)24(27)28)31-16-7-4-11(9-14(16)20)19(21,22)23/h2-7,9-10H,8H2,1H3/b3-2+. The molecule has 31 heavy (non-hydrogen) atoms. The Labute approximate surface area is 177 Å².